The number of hydrogen-bond donors (Lipinski definition) is 0. The Morgan fingerprint density at radius 1 is 1.08 bits per heavy atom. The summed E-state index contributed by atoms with van der Waals surface area (Å²) in [7, 11) is 1.49. The molecule has 0 fully saturated rings. The van der Waals surface area contributed by atoms with Crippen molar-refractivity contribution in [1.82, 2.24) is 0 Å². The Labute approximate surface area is 136 Å². The van der Waals surface area contributed by atoms with Crippen LogP contribution in [0.3, 0.4) is 0 Å². The molecule has 6 nitrogen and oxygen atoms in total. The van der Waals surface area contributed by atoms with Gasteiger partial charge in [0.2, 0.25) is 12.6 Å². The minimum atomic E-state index is -0.713. The number of ether oxygens (including phenoxy) is 3. The highest BCUT2D eigenvalue weighted by atomic mass is 16.7. The van der Waals surface area contributed by atoms with Gasteiger partial charge in [-0.25, -0.2) is 4.79 Å². The van der Waals surface area contributed by atoms with E-state index < -0.39 is 11.4 Å². The summed E-state index contributed by atoms with van der Waals surface area (Å²) in [6.45, 7) is 0.116. The second kappa shape index (κ2) is 5.42. The van der Waals surface area contributed by atoms with Crippen LogP contribution in [0.2, 0.25) is 0 Å². The third-order valence-corrected chi connectivity index (χ3v) is 3.82. The molecule has 2 aromatic carbocycles. The zero-order valence-corrected chi connectivity index (χ0v) is 12.7. The smallest absolute Gasteiger partial charge is 0.347 e. The van der Waals surface area contributed by atoms with Gasteiger partial charge in [-0.15, -0.1) is 0 Å². The molecule has 1 aliphatic rings. The van der Waals surface area contributed by atoms with Gasteiger partial charge in [-0.2, -0.15) is 0 Å². The van der Waals surface area contributed by atoms with Crippen molar-refractivity contribution in [1.29, 1.82) is 0 Å². The topological polar surface area (TPSA) is 75.0 Å². The lowest BCUT2D eigenvalue weighted by molar-refractivity contribution is 0.103. The van der Waals surface area contributed by atoms with Crippen LogP contribution in [0.15, 0.2) is 51.7 Å². The quantitative estimate of drug-likeness (QED) is 0.545. The van der Waals surface area contributed by atoms with Crippen molar-refractivity contribution in [2.75, 3.05) is 13.9 Å². The number of para-hydroxylation sites is 1. The summed E-state index contributed by atoms with van der Waals surface area (Å²) in [6, 6.07) is 11.5. The Hall–Kier alpha value is -3.28. The molecule has 2 heterocycles. The Kier molecular flexibility index (Phi) is 3.23. The van der Waals surface area contributed by atoms with E-state index in [1.807, 2.05) is 0 Å². The van der Waals surface area contributed by atoms with Gasteiger partial charge < -0.3 is 18.6 Å². The first-order chi connectivity index (χ1) is 11.7. The van der Waals surface area contributed by atoms with Crippen molar-refractivity contribution in [2.45, 2.75) is 0 Å². The van der Waals surface area contributed by atoms with Gasteiger partial charge >= 0.3 is 5.63 Å². The maximum atomic E-state index is 12.7. The predicted molar refractivity (Wildman–Crippen MR) is 85.0 cm³/mol. The average molecular weight is 324 g/mol. The van der Waals surface area contributed by atoms with Gasteiger partial charge in [-0.1, -0.05) is 12.1 Å². The maximum absolute atomic E-state index is 12.7. The Morgan fingerprint density at radius 3 is 2.75 bits per heavy atom. The van der Waals surface area contributed by atoms with Crippen LogP contribution in [-0.4, -0.2) is 19.7 Å². The van der Waals surface area contributed by atoms with Crippen LogP contribution in [0.5, 0.6) is 17.2 Å². The third kappa shape index (κ3) is 2.20. The molecule has 6 heteroatoms. The predicted octanol–water partition coefficient (Wildman–Crippen LogP) is 2.76. The summed E-state index contributed by atoms with van der Waals surface area (Å²) in [5.41, 5.74) is -0.120. The molecule has 0 spiro atoms. The van der Waals surface area contributed by atoms with Crippen LogP contribution in [0.25, 0.3) is 11.0 Å². The molecule has 0 radical (unpaired) electrons. The van der Waals surface area contributed by atoms with Crippen molar-refractivity contribution in [2.24, 2.45) is 0 Å². The first-order valence-electron chi connectivity index (χ1n) is 7.22. The van der Waals surface area contributed by atoms with Gasteiger partial charge in [-0.05, 0) is 30.3 Å². The SMILES string of the molecule is COc1cccc2cc(C(=O)c3ccc4c(c3)OCO4)c(=O)oc12. The lowest BCUT2D eigenvalue weighted by Gasteiger charge is -2.06. The normalized spacial score (nSPS) is 12.4. The van der Waals surface area contributed by atoms with E-state index in [0.717, 1.165) is 0 Å². The average Bonchev–Trinajstić information content (AvgIpc) is 3.07. The molecule has 3 aromatic rings. The first-order valence-corrected chi connectivity index (χ1v) is 7.22. The highest BCUT2D eigenvalue weighted by Gasteiger charge is 2.20. The largest absolute Gasteiger partial charge is 0.493 e. The molecule has 0 amide bonds. The minimum absolute atomic E-state index is 0.0466. The van der Waals surface area contributed by atoms with Gasteiger partial charge in [0.05, 0.1) is 7.11 Å². The molecule has 0 N–H and O–H groups in total. The third-order valence-electron chi connectivity index (χ3n) is 3.82. The van der Waals surface area contributed by atoms with Crippen molar-refractivity contribution in [3.8, 4) is 17.2 Å². The molecule has 1 aromatic heterocycles. The van der Waals surface area contributed by atoms with Gasteiger partial charge in [-0.3, -0.25) is 4.79 Å². The van der Waals surface area contributed by atoms with Crippen molar-refractivity contribution >= 4 is 16.8 Å². The molecule has 0 unspecified atom stereocenters. The lowest BCUT2D eigenvalue weighted by atomic mass is 10.0. The van der Waals surface area contributed by atoms with Gasteiger partial charge in [0.1, 0.15) is 5.56 Å². The molecule has 4 rings (SSSR count). The number of carbonyl (C=O) groups excluding carboxylic acids is 1. The van der Waals surface area contributed by atoms with Gasteiger partial charge in [0, 0.05) is 10.9 Å². The van der Waals surface area contributed by atoms with E-state index in [0.29, 0.717) is 33.8 Å². The molecular weight excluding hydrogens is 312 g/mol. The van der Waals surface area contributed by atoms with Gasteiger partial charge in [0.25, 0.3) is 0 Å². The molecule has 0 atom stereocenters. The van der Waals surface area contributed by atoms with E-state index in [-0.39, 0.29) is 12.4 Å². The number of hydrogen-bond acceptors (Lipinski definition) is 6. The van der Waals surface area contributed by atoms with E-state index in [2.05, 4.69) is 0 Å². The number of benzene rings is 2. The van der Waals surface area contributed by atoms with E-state index in [9.17, 15) is 9.59 Å². The molecule has 0 bridgehead atoms. The van der Waals surface area contributed by atoms with Crippen LogP contribution < -0.4 is 19.8 Å². The monoisotopic (exact) mass is 324 g/mol. The van der Waals surface area contributed by atoms with Crippen LogP contribution in [0.1, 0.15) is 15.9 Å². The molecular formula is C18H12O6. The van der Waals surface area contributed by atoms with Crippen LogP contribution in [0.4, 0.5) is 0 Å². The Balaban J connectivity index is 1.82. The van der Waals surface area contributed by atoms with Crippen molar-refractivity contribution in [3.63, 3.8) is 0 Å². The number of fused-ring (bicyclic) bond motifs is 2. The summed E-state index contributed by atoms with van der Waals surface area (Å²) in [5, 5.41) is 0.609. The van der Waals surface area contributed by atoms with Gasteiger partial charge in [0.15, 0.2) is 22.8 Å². The number of carbonyl (C=O) groups is 1. The standard InChI is InChI=1S/C18H12O6/c1-21-14-4-2-3-11-7-12(18(20)24-17(11)14)16(19)10-5-6-13-15(8-10)23-9-22-13/h2-8H,9H2,1H3. The number of ketones is 1. The molecule has 24 heavy (non-hydrogen) atoms. The van der Waals surface area contributed by atoms with Crippen LogP contribution in [0, 0.1) is 0 Å². The van der Waals surface area contributed by atoms with Crippen LogP contribution in [-0.2, 0) is 0 Å². The van der Waals surface area contributed by atoms with E-state index in [1.54, 1.807) is 36.4 Å². The minimum Gasteiger partial charge on any atom is -0.493 e. The molecule has 120 valence electrons. The fourth-order valence-corrected chi connectivity index (χ4v) is 2.63. The summed E-state index contributed by atoms with van der Waals surface area (Å²) in [6.07, 6.45) is 0. The lowest BCUT2D eigenvalue weighted by Crippen LogP contribution is -2.14. The molecule has 1 aliphatic heterocycles. The summed E-state index contributed by atoms with van der Waals surface area (Å²) < 4.78 is 20.9. The van der Waals surface area contributed by atoms with Crippen molar-refractivity contribution in [3.05, 3.63) is 64.0 Å². The van der Waals surface area contributed by atoms with Crippen LogP contribution >= 0.6 is 0 Å². The Morgan fingerprint density at radius 2 is 1.92 bits per heavy atom. The fraction of sp³-hybridized carbons (Fsp3) is 0.111. The first kappa shape index (κ1) is 14.3. The zero-order valence-electron chi connectivity index (χ0n) is 12.7. The number of methoxy groups -OCH3 is 1. The summed E-state index contributed by atoms with van der Waals surface area (Å²) in [4.78, 5) is 24.9. The Bertz CT molecular complexity index is 1020. The second-order valence-corrected chi connectivity index (χ2v) is 5.22. The second-order valence-electron chi connectivity index (χ2n) is 5.22. The highest BCUT2D eigenvalue weighted by molar-refractivity contribution is 6.10. The maximum Gasteiger partial charge on any atom is 0.347 e. The molecule has 0 aliphatic carbocycles. The molecule has 0 saturated carbocycles. The van der Waals surface area contributed by atoms with E-state index >= 15 is 0 Å². The summed E-state index contributed by atoms with van der Waals surface area (Å²) >= 11 is 0. The highest BCUT2D eigenvalue weighted by Crippen LogP contribution is 2.33. The van der Waals surface area contributed by atoms with E-state index in [4.69, 9.17) is 18.6 Å². The van der Waals surface area contributed by atoms with Crippen molar-refractivity contribution < 1.29 is 23.4 Å². The molecule has 0 saturated heterocycles. The zero-order chi connectivity index (χ0) is 16.7. The number of rotatable bonds is 3. The fourth-order valence-electron chi connectivity index (χ4n) is 2.63. The summed E-state index contributed by atoms with van der Waals surface area (Å²) in [5.74, 6) is 1.05. The van der Waals surface area contributed by atoms with E-state index in [1.165, 1.54) is 13.2 Å².